The molecule has 0 saturated heterocycles. The number of oxazole rings is 1. The maximum atomic E-state index is 12.9. The molecule has 2 aromatic rings. The van der Waals surface area contributed by atoms with Gasteiger partial charge in [0, 0.05) is 5.56 Å². The molecular formula is C11H4F6NO. The molecule has 2 nitrogen and oxygen atoms in total. The zero-order valence-corrected chi connectivity index (χ0v) is 8.93. The van der Waals surface area contributed by atoms with Crippen LogP contribution in [0.5, 0.6) is 0 Å². The molecule has 101 valence electrons. The molecule has 0 N–H and O–H groups in total. The topological polar surface area (TPSA) is 26.0 Å². The van der Waals surface area contributed by atoms with Gasteiger partial charge in [-0.2, -0.15) is 26.3 Å². The first-order valence-electron chi connectivity index (χ1n) is 4.80. The summed E-state index contributed by atoms with van der Waals surface area (Å²) >= 11 is 0. The van der Waals surface area contributed by atoms with Crippen molar-refractivity contribution in [2.45, 2.75) is 12.4 Å². The van der Waals surface area contributed by atoms with E-state index in [0.29, 0.717) is 6.07 Å². The third-order valence-corrected chi connectivity index (χ3v) is 2.27. The second kappa shape index (κ2) is 4.29. The highest BCUT2D eigenvalue weighted by molar-refractivity contribution is 5.62. The van der Waals surface area contributed by atoms with Gasteiger partial charge < -0.3 is 4.42 Å². The lowest BCUT2D eigenvalue weighted by Gasteiger charge is -2.17. The maximum Gasteiger partial charge on any atom is 0.417 e. The molecule has 1 radical (unpaired) electrons. The molecule has 0 amide bonds. The van der Waals surface area contributed by atoms with E-state index in [-0.39, 0.29) is 0 Å². The van der Waals surface area contributed by atoms with Crippen molar-refractivity contribution < 1.29 is 30.8 Å². The number of halogens is 6. The Morgan fingerprint density at radius 2 is 1.68 bits per heavy atom. The van der Waals surface area contributed by atoms with E-state index in [4.69, 9.17) is 0 Å². The Hall–Kier alpha value is -1.99. The van der Waals surface area contributed by atoms with Crippen LogP contribution in [0.1, 0.15) is 11.1 Å². The van der Waals surface area contributed by atoms with E-state index in [2.05, 4.69) is 15.6 Å². The van der Waals surface area contributed by atoms with Crippen LogP contribution >= 0.6 is 0 Å². The quantitative estimate of drug-likeness (QED) is 0.732. The summed E-state index contributed by atoms with van der Waals surface area (Å²) in [5.41, 5.74) is -4.38. The predicted octanol–water partition coefficient (Wildman–Crippen LogP) is 4.18. The molecule has 0 fully saturated rings. The second-order valence-electron chi connectivity index (χ2n) is 3.51. The fourth-order valence-corrected chi connectivity index (χ4v) is 1.59. The number of rotatable bonds is 1. The largest absolute Gasteiger partial charge is 0.444 e. The Morgan fingerprint density at radius 1 is 1.00 bits per heavy atom. The van der Waals surface area contributed by atoms with Crippen molar-refractivity contribution in [3.8, 4) is 11.5 Å². The first kappa shape index (κ1) is 13.4. The van der Waals surface area contributed by atoms with E-state index in [1.807, 2.05) is 0 Å². The minimum absolute atomic E-state index is 0.360. The fraction of sp³-hybridized carbons (Fsp3) is 0.182. The molecule has 1 aromatic heterocycles. The highest BCUT2D eigenvalue weighted by Gasteiger charge is 2.45. The molecule has 0 saturated carbocycles. The van der Waals surface area contributed by atoms with Gasteiger partial charge in [0.1, 0.15) is 12.5 Å². The smallest absolute Gasteiger partial charge is 0.417 e. The molecule has 0 aliphatic heterocycles. The van der Waals surface area contributed by atoms with E-state index < -0.39 is 34.9 Å². The summed E-state index contributed by atoms with van der Waals surface area (Å²) in [6, 6.07) is 2.08. The van der Waals surface area contributed by atoms with Crippen molar-refractivity contribution in [3.05, 3.63) is 41.8 Å². The van der Waals surface area contributed by atoms with Crippen LogP contribution in [0.25, 0.3) is 11.5 Å². The average molecular weight is 280 g/mol. The molecule has 0 unspecified atom stereocenters. The van der Waals surface area contributed by atoms with E-state index in [0.717, 1.165) is 18.4 Å². The van der Waals surface area contributed by atoms with E-state index >= 15 is 0 Å². The molecule has 0 bridgehead atoms. The fourth-order valence-electron chi connectivity index (χ4n) is 1.59. The van der Waals surface area contributed by atoms with Gasteiger partial charge in [-0.25, -0.2) is 4.98 Å². The molecule has 1 heterocycles. The number of aromatic nitrogens is 1. The summed E-state index contributed by atoms with van der Waals surface area (Å²) in [4.78, 5) is 3.32. The average Bonchev–Trinajstić information content (AvgIpc) is 2.79. The van der Waals surface area contributed by atoms with Gasteiger partial charge in [-0.3, -0.25) is 0 Å². The van der Waals surface area contributed by atoms with Crippen LogP contribution in [-0.4, -0.2) is 4.98 Å². The van der Waals surface area contributed by atoms with Crippen LogP contribution in [-0.2, 0) is 12.4 Å². The molecule has 1 aromatic carbocycles. The molecule has 0 aliphatic rings. The normalized spacial score (nSPS) is 12.7. The van der Waals surface area contributed by atoms with Crippen molar-refractivity contribution in [1.82, 2.24) is 4.98 Å². The minimum atomic E-state index is -5.18. The van der Waals surface area contributed by atoms with Crippen molar-refractivity contribution in [2.24, 2.45) is 0 Å². The third kappa shape index (κ3) is 2.56. The Bertz CT molecular complexity index is 570. The first-order chi connectivity index (χ1) is 8.71. The van der Waals surface area contributed by atoms with Crippen LogP contribution in [0, 0.1) is 6.20 Å². The summed E-state index contributed by atoms with van der Waals surface area (Å²) < 4.78 is 81.1. The lowest BCUT2D eigenvalue weighted by Crippen LogP contribution is -2.17. The highest BCUT2D eigenvalue weighted by Crippen LogP contribution is 2.44. The van der Waals surface area contributed by atoms with Crippen LogP contribution < -0.4 is 0 Å². The minimum Gasteiger partial charge on any atom is -0.444 e. The summed E-state index contributed by atoms with van der Waals surface area (Å²) in [6.07, 6.45) is -7.36. The summed E-state index contributed by atoms with van der Waals surface area (Å²) in [6.45, 7) is 0. The lowest BCUT2D eigenvalue weighted by molar-refractivity contribution is -0.161. The van der Waals surface area contributed by atoms with Gasteiger partial charge in [0.15, 0.2) is 0 Å². The Morgan fingerprint density at radius 3 is 2.16 bits per heavy atom. The summed E-state index contributed by atoms with van der Waals surface area (Å²) in [7, 11) is 0. The SMILES string of the molecule is FC(F)(F)c1cccc(-c2n[c]co2)c1C(F)(F)F. The van der Waals surface area contributed by atoms with Crippen LogP contribution in [0.4, 0.5) is 26.3 Å². The van der Waals surface area contributed by atoms with Crippen molar-refractivity contribution in [1.29, 1.82) is 0 Å². The molecule has 0 aliphatic carbocycles. The van der Waals surface area contributed by atoms with Gasteiger partial charge >= 0.3 is 12.4 Å². The zero-order valence-electron chi connectivity index (χ0n) is 8.93. The van der Waals surface area contributed by atoms with Crippen LogP contribution in [0.15, 0.2) is 28.9 Å². The Balaban J connectivity index is 2.76. The third-order valence-electron chi connectivity index (χ3n) is 2.27. The van der Waals surface area contributed by atoms with Crippen LogP contribution in [0.3, 0.4) is 0 Å². The second-order valence-corrected chi connectivity index (χ2v) is 3.51. The number of hydrogen-bond acceptors (Lipinski definition) is 2. The zero-order chi connectivity index (χ0) is 14.3. The highest BCUT2D eigenvalue weighted by atomic mass is 19.4. The summed E-state index contributed by atoms with van der Waals surface area (Å²) in [5, 5.41) is 0. The van der Waals surface area contributed by atoms with Gasteiger partial charge in [-0.05, 0) is 12.1 Å². The predicted molar refractivity (Wildman–Crippen MR) is 50.8 cm³/mol. The summed E-state index contributed by atoms with van der Waals surface area (Å²) in [5.74, 6) is -0.571. The molecule has 8 heteroatoms. The molecule has 2 rings (SSSR count). The first-order valence-corrected chi connectivity index (χ1v) is 4.80. The van der Waals surface area contributed by atoms with Gasteiger partial charge in [0.25, 0.3) is 0 Å². The molecular weight excluding hydrogens is 276 g/mol. The van der Waals surface area contributed by atoms with Crippen molar-refractivity contribution in [3.63, 3.8) is 0 Å². The number of hydrogen-bond donors (Lipinski definition) is 0. The van der Waals surface area contributed by atoms with Gasteiger partial charge in [0.05, 0.1) is 11.1 Å². The van der Waals surface area contributed by atoms with E-state index in [1.54, 1.807) is 0 Å². The van der Waals surface area contributed by atoms with Crippen molar-refractivity contribution >= 4 is 0 Å². The molecule has 0 atom stereocenters. The van der Waals surface area contributed by atoms with Gasteiger partial charge in [0.2, 0.25) is 5.89 Å². The number of alkyl halides is 6. The molecule has 19 heavy (non-hydrogen) atoms. The molecule has 0 spiro atoms. The standard InChI is InChI=1S/C11H4F6NO/c12-10(13,14)7-3-1-2-6(8(7)11(15,16)17)9-18-4-5-19-9/h1-3,5H. The van der Waals surface area contributed by atoms with E-state index in [9.17, 15) is 26.3 Å². The van der Waals surface area contributed by atoms with Gasteiger partial charge in [-0.1, -0.05) is 6.07 Å². The van der Waals surface area contributed by atoms with Crippen molar-refractivity contribution in [2.75, 3.05) is 0 Å². The Labute approximate surface area is 102 Å². The maximum absolute atomic E-state index is 12.9. The van der Waals surface area contributed by atoms with E-state index in [1.165, 1.54) is 0 Å². The Kier molecular flexibility index (Phi) is 3.03. The van der Waals surface area contributed by atoms with Crippen LogP contribution in [0.2, 0.25) is 0 Å². The lowest BCUT2D eigenvalue weighted by atomic mass is 10.00. The monoisotopic (exact) mass is 280 g/mol. The van der Waals surface area contributed by atoms with Gasteiger partial charge in [-0.15, -0.1) is 0 Å². The number of benzene rings is 1. The number of nitrogens with zero attached hydrogens (tertiary/aromatic N) is 1.